The molecule has 2 heterocycles. The lowest BCUT2D eigenvalue weighted by atomic mass is 9.82. The molecule has 0 radical (unpaired) electrons. The van der Waals surface area contributed by atoms with E-state index in [1.165, 1.54) is 0 Å². The Hall–Kier alpha value is -3.21. The summed E-state index contributed by atoms with van der Waals surface area (Å²) in [6.07, 6.45) is 4.10. The van der Waals surface area contributed by atoms with Crippen LogP contribution in [0.5, 0.6) is 0 Å². The number of amides is 2. The fourth-order valence-corrected chi connectivity index (χ4v) is 3.91. The number of hydrogen-bond donors (Lipinski definition) is 2. The summed E-state index contributed by atoms with van der Waals surface area (Å²) < 4.78 is 0. The Morgan fingerprint density at radius 1 is 1.21 bits per heavy atom. The van der Waals surface area contributed by atoms with Gasteiger partial charge in [0, 0.05) is 29.1 Å². The van der Waals surface area contributed by atoms with Crippen LogP contribution in [0.1, 0.15) is 41.3 Å². The zero-order valence-corrected chi connectivity index (χ0v) is 16.8. The summed E-state index contributed by atoms with van der Waals surface area (Å²) in [6.45, 7) is 4.81. The van der Waals surface area contributed by atoms with Crippen LogP contribution in [0.4, 0.5) is 5.82 Å². The molecule has 1 aliphatic heterocycles. The zero-order chi connectivity index (χ0) is 20.4. The van der Waals surface area contributed by atoms with Crippen LogP contribution in [-0.4, -0.2) is 23.3 Å². The topological polar surface area (TPSA) is 71.1 Å². The highest BCUT2D eigenvalue weighted by atomic mass is 16.2. The Morgan fingerprint density at radius 3 is 2.83 bits per heavy atom. The molecule has 0 aliphatic carbocycles. The van der Waals surface area contributed by atoms with Crippen molar-refractivity contribution in [3.05, 3.63) is 71.4 Å². The highest BCUT2D eigenvalue weighted by Gasteiger charge is 2.37. The molecule has 1 aliphatic rings. The highest BCUT2D eigenvalue weighted by Crippen LogP contribution is 2.32. The number of carbonyl (C=O) groups excluding carboxylic acids is 2. The molecule has 1 atom stereocenters. The predicted octanol–water partition coefficient (Wildman–Crippen LogP) is 4.25. The fourth-order valence-electron chi connectivity index (χ4n) is 3.91. The number of nitrogens with zero attached hydrogens (tertiary/aromatic N) is 1. The van der Waals surface area contributed by atoms with Gasteiger partial charge in [-0.2, -0.15) is 0 Å². The quantitative estimate of drug-likeness (QED) is 0.687. The molecular formula is C24H25N3O2. The molecule has 4 rings (SSSR count). The first-order valence-corrected chi connectivity index (χ1v) is 9.99. The summed E-state index contributed by atoms with van der Waals surface area (Å²) in [5.41, 5.74) is 2.51. The molecule has 5 heteroatoms. The van der Waals surface area contributed by atoms with Gasteiger partial charge in [0.1, 0.15) is 5.82 Å². The van der Waals surface area contributed by atoms with Crippen LogP contribution in [0.25, 0.3) is 10.8 Å². The number of aryl methyl sites for hydroxylation is 2. The molecule has 2 amide bonds. The lowest BCUT2D eigenvalue weighted by molar-refractivity contribution is -0.127. The van der Waals surface area contributed by atoms with Gasteiger partial charge in [-0.1, -0.05) is 37.3 Å². The summed E-state index contributed by atoms with van der Waals surface area (Å²) >= 11 is 0. The van der Waals surface area contributed by atoms with Crippen LogP contribution in [0.15, 0.2) is 54.7 Å². The van der Waals surface area contributed by atoms with E-state index in [9.17, 15) is 9.59 Å². The van der Waals surface area contributed by atoms with E-state index in [0.29, 0.717) is 11.4 Å². The number of pyridine rings is 1. The van der Waals surface area contributed by atoms with Crippen molar-refractivity contribution in [3.8, 4) is 0 Å². The molecule has 1 unspecified atom stereocenters. The largest absolute Gasteiger partial charge is 0.356 e. The number of aromatic nitrogens is 1. The van der Waals surface area contributed by atoms with Crippen LogP contribution in [0.2, 0.25) is 0 Å². The van der Waals surface area contributed by atoms with E-state index < -0.39 is 0 Å². The molecule has 1 aromatic heterocycles. The number of benzene rings is 2. The molecule has 2 aromatic carbocycles. The molecule has 1 fully saturated rings. The minimum absolute atomic E-state index is 0.131. The van der Waals surface area contributed by atoms with E-state index in [4.69, 9.17) is 0 Å². The number of rotatable bonds is 5. The van der Waals surface area contributed by atoms with E-state index in [1.807, 2.05) is 62.4 Å². The maximum atomic E-state index is 12.9. The summed E-state index contributed by atoms with van der Waals surface area (Å²) in [4.78, 5) is 29.3. The second-order valence-electron chi connectivity index (χ2n) is 8.04. The summed E-state index contributed by atoms with van der Waals surface area (Å²) in [5, 5.41) is 7.81. The standard InChI is InChI=1S/C24H25N3O2/c1-16-7-8-19(15-18(16)9-11-24(2)12-14-26-23(24)29)22(28)27-21-20-6-4-3-5-17(20)10-13-25-21/h3-8,10,13,15H,9,11-12,14H2,1-2H3,(H,26,29)(H,25,27,28). The molecule has 0 spiro atoms. The van der Waals surface area contributed by atoms with Crippen molar-refractivity contribution < 1.29 is 9.59 Å². The smallest absolute Gasteiger partial charge is 0.256 e. The van der Waals surface area contributed by atoms with Crippen molar-refractivity contribution >= 4 is 28.4 Å². The molecule has 5 nitrogen and oxygen atoms in total. The number of carbonyl (C=O) groups is 2. The maximum absolute atomic E-state index is 12.9. The number of nitrogens with one attached hydrogen (secondary N) is 2. The third-order valence-electron chi connectivity index (χ3n) is 5.97. The van der Waals surface area contributed by atoms with Crippen molar-refractivity contribution in [2.75, 3.05) is 11.9 Å². The molecule has 0 bridgehead atoms. The van der Waals surface area contributed by atoms with E-state index in [0.717, 1.165) is 47.7 Å². The molecule has 1 saturated heterocycles. The van der Waals surface area contributed by atoms with Crippen molar-refractivity contribution in [2.45, 2.75) is 33.1 Å². The lowest BCUT2D eigenvalue weighted by Gasteiger charge is -2.21. The van der Waals surface area contributed by atoms with Crippen LogP contribution in [-0.2, 0) is 11.2 Å². The lowest BCUT2D eigenvalue weighted by Crippen LogP contribution is -2.28. The van der Waals surface area contributed by atoms with Gasteiger partial charge in [0.25, 0.3) is 5.91 Å². The van der Waals surface area contributed by atoms with Crippen LogP contribution < -0.4 is 10.6 Å². The third-order valence-corrected chi connectivity index (χ3v) is 5.97. The van der Waals surface area contributed by atoms with Gasteiger partial charge in [0.05, 0.1) is 0 Å². The zero-order valence-electron chi connectivity index (χ0n) is 16.8. The van der Waals surface area contributed by atoms with E-state index in [2.05, 4.69) is 15.6 Å². The second-order valence-corrected chi connectivity index (χ2v) is 8.04. The van der Waals surface area contributed by atoms with Gasteiger partial charge in [-0.05, 0) is 60.9 Å². The van der Waals surface area contributed by atoms with Crippen LogP contribution in [0, 0.1) is 12.3 Å². The van der Waals surface area contributed by atoms with Gasteiger partial charge in [-0.3, -0.25) is 9.59 Å². The molecule has 0 saturated carbocycles. The Balaban J connectivity index is 1.53. The van der Waals surface area contributed by atoms with Crippen molar-refractivity contribution in [3.63, 3.8) is 0 Å². The number of hydrogen-bond acceptors (Lipinski definition) is 3. The van der Waals surface area contributed by atoms with Crippen molar-refractivity contribution in [1.29, 1.82) is 0 Å². The monoisotopic (exact) mass is 387 g/mol. The first-order valence-electron chi connectivity index (χ1n) is 9.99. The van der Waals surface area contributed by atoms with Gasteiger partial charge in [0.15, 0.2) is 0 Å². The Bertz CT molecular complexity index is 1090. The van der Waals surface area contributed by atoms with Gasteiger partial charge in [-0.25, -0.2) is 4.98 Å². The summed E-state index contributed by atoms with van der Waals surface area (Å²) in [5.74, 6) is 0.511. The van der Waals surface area contributed by atoms with Gasteiger partial charge < -0.3 is 10.6 Å². The molecule has 29 heavy (non-hydrogen) atoms. The third kappa shape index (κ3) is 3.86. The number of anilines is 1. The molecule has 148 valence electrons. The van der Waals surface area contributed by atoms with Gasteiger partial charge in [0.2, 0.25) is 5.91 Å². The Labute approximate surface area is 170 Å². The highest BCUT2D eigenvalue weighted by molar-refractivity contribution is 6.08. The Kier molecular flexibility index (Phi) is 5.05. The van der Waals surface area contributed by atoms with Crippen LogP contribution >= 0.6 is 0 Å². The Morgan fingerprint density at radius 2 is 2.03 bits per heavy atom. The SMILES string of the molecule is Cc1ccc(C(=O)Nc2nccc3ccccc23)cc1CCC1(C)CCNC1=O. The minimum atomic E-state index is -0.322. The normalized spacial score (nSPS) is 18.6. The predicted molar refractivity (Wildman–Crippen MR) is 115 cm³/mol. The van der Waals surface area contributed by atoms with Crippen LogP contribution in [0.3, 0.4) is 0 Å². The second kappa shape index (κ2) is 7.66. The van der Waals surface area contributed by atoms with E-state index in [-0.39, 0.29) is 17.2 Å². The molecular weight excluding hydrogens is 362 g/mol. The maximum Gasteiger partial charge on any atom is 0.256 e. The molecule has 2 N–H and O–H groups in total. The molecule has 3 aromatic rings. The minimum Gasteiger partial charge on any atom is -0.356 e. The van der Waals surface area contributed by atoms with Crippen molar-refractivity contribution in [1.82, 2.24) is 10.3 Å². The first-order chi connectivity index (χ1) is 14.0. The van der Waals surface area contributed by atoms with Gasteiger partial charge >= 0.3 is 0 Å². The van der Waals surface area contributed by atoms with Crippen molar-refractivity contribution in [2.24, 2.45) is 5.41 Å². The van der Waals surface area contributed by atoms with E-state index in [1.54, 1.807) is 6.20 Å². The summed E-state index contributed by atoms with van der Waals surface area (Å²) in [6, 6.07) is 15.5. The first kappa shape index (κ1) is 19.1. The average Bonchev–Trinajstić information content (AvgIpc) is 3.06. The number of fused-ring (bicyclic) bond motifs is 1. The summed E-state index contributed by atoms with van der Waals surface area (Å²) in [7, 11) is 0. The average molecular weight is 387 g/mol. The fraction of sp³-hybridized carbons (Fsp3) is 0.292. The van der Waals surface area contributed by atoms with Gasteiger partial charge in [-0.15, -0.1) is 0 Å². The van der Waals surface area contributed by atoms with E-state index >= 15 is 0 Å².